The molecule has 0 unspecified atom stereocenters. The topological polar surface area (TPSA) is 129 Å². The lowest BCUT2D eigenvalue weighted by molar-refractivity contribution is -0.115. The standard InChI is InChI=1S/C20H14BrN5O2S/c21-14-4-1-2-5-15(14)25-17(27)7-9-29-20-13(11-23)18(16-6-3-8-28-16)12(10-22)19(24)26-20/h1-6,8H,7,9H2,(H2,24,26)(H,25,27). The van der Waals surface area contributed by atoms with E-state index in [-0.39, 0.29) is 29.3 Å². The van der Waals surface area contributed by atoms with Gasteiger partial charge in [0.2, 0.25) is 5.91 Å². The number of rotatable bonds is 6. The lowest BCUT2D eigenvalue weighted by atomic mass is 10.0. The molecule has 3 N–H and O–H groups in total. The van der Waals surface area contributed by atoms with Gasteiger partial charge in [-0.15, -0.1) is 11.8 Å². The maximum atomic E-state index is 12.2. The van der Waals surface area contributed by atoms with Crippen molar-refractivity contribution in [2.75, 3.05) is 16.8 Å². The van der Waals surface area contributed by atoms with Crippen LogP contribution >= 0.6 is 27.7 Å². The minimum absolute atomic E-state index is 0.0121. The van der Waals surface area contributed by atoms with Gasteiger partial charge in [-0.2, -0.15) is 10.5 Å². The minimum Gasteiger partial charge on any atom is -0.464 e. The van der Waals surface area contributed by atoms with Gasteiger partial charge >= 0.3 is 0 Å². The molecule has 0 aliphatic heterocycles. The fourth-order valence-electron chi connectivity index (χ4n) is 2.59. The predicted molar refractivity (Wildman–Crippen MR) is 114 cm³/mol. The SMILES string of the molecule is N#Cc1c(N)nc(SCCC(=O)Nc2ccccc2Br)c(C#N)c1-c1ccco1. The highest BCUT2D eigenvalue weighted by Crippen LogP contribution is 2.36. The summed E-state index contributed by atoms with van der Waals surface area (Å²) in [6, 6.07) is 14.7. The van der Waals surface area contributed by atoms with Gasteiger partial charge in [0.1, 0.15) is 34.3 Å². The maximum Gasteiger partial charge on any atom is 0.225 e. The summed E-state index contributed by atoms with van der Waals surface area (Å²) < 4.78 is 6.16. The van der Waals surface area contributed by atoms with Crippen LogP contribution < -0.4 is 11.1 Å². The van der Waals surface area contributed by atoms with Crippen molar-refractivity contribution in [2.45, 2.75) is 11.4 Å². The molecule has 2 aromatic heterocycles. The smallest absolute Gasteiger partial charge is 0.225 e. The van der Waals surface area contributed by atoms with E-state index >= 15 is 0 Å². The van der Waals surface area contributed by atoms with E-state index in [0.29, 0.717) is 27.8 Å². The molecule has 9 heteroatoms. The first-order valence-electron chi connectivity index (χ1n) is 8.40. The van der Waals surface area contributed by atoms with Gasteiger partial charge in [0.15, 0.2) is 0 Å². The molecule has 1 aromatic carbocycles. The van der Waals surface area contributed by atoms with E-state index < -0.39 is 0 Å². The van der Waals surface area contributed by atoms with E-state index in [1.807, 2.05) is 24.3 Å². The number of benzene rings is 1. The molecule has 144 valence electrons. The molecule has 0 spiro atoms. The molecule has 1 amide bonds. The predicted octanol–water partition coefficient (Wildman–Crippen LogP) is 4.55. The molecule has 0 radical (unpaired) electrons. The highest BCUT2D eigenvalue weighted by atomic mass is 79.9. The van der Waals surface area contributed by atoms with Crippen molar-refractivity contribution in [3.63, 3.8) is 0 Å². The molecule has 7 nitrogen and oxygen atoms in total. The van der Waals surface area contributed by atoms with Crippen LogP contribution in [0.15, 0.2) is 56.6 Å². The number of nitrogen functional groups attached to an aromatic ring is 1. The number of nitrogens with zero attached hydrogens (tertiary/aromatic N) is 3. The van der Waals surface area contributed by atoms with Gasteiger partial charge < -0.3 is 15.5 Å². The molecule has 0 atom stereocenters. The molecular weight excluding hydrogens is 454 g/mol. The Morgan fingerprint density at radius 3 is 2.62 bits per heavy atom. The third-order valence-corrected chi connectivity index (χ3v) is 5.57. The number of nitrogens with one attached hydrogen (secondary N) is 1. The number of carbonyl (C=O) groups excluding carboxylic acids is 1. The summed E-state index contributed by atoms with van der Waals surface area (Å²) in [6.45, 7) is 0. The van der Waals surface area contributed by atoms with Gasteiger partial charge in [-0.1, -0.05) is 12.1 Å². The fourth-order valence-corrected chi connectivity index (χ4v) is 3.91. The van der Waals surface area contributed by atoms with Crippen LogP contribution in [0.5, 0.6) is 0 Å². The zero-order chi connectivity index (χ0) is 20.8. The summed E-state index contributed by atoms with van der Waals surface area (Å²) in [5, 5.41) is 22.3. The summed E-state index contributed by atoms with van der Waals surface area (Å²) in [4.78, 5) is 16.4. The van der Waals surface area contributed by atoms with Crippen LogP contribution in [0.3, 0.4) is 0 Å². The van der Waals surface area contributed by atoms with Crippen LogP contribution in [-0.4, -0.2) is 16.6 Å². The lowest BCUT2D eigenvalue weighted by Gasteiger charge is -2.11. The number of hydrogen-bond acceptors (Lipinski definition) is 7. The Bertz CT molecular complexity index is 1130. The van der Waals surface area contributed by atoms with Crippen molar-refractivity contribution >= 4 is 45.1 Å². The van der Waals surface area contributed by atoms with Gasteiger partial charge in [0, 0.05) is 16.6 Å². The average Bonchev–Trinajstić information content (AvgIpc) is 3.23. The molecule has 0 aliphatic carbocycles. The lowest BCUT2D eigenvalue weighted by Crippen LogP contribution is -2.12. The molecule has 0 saturated carbocycles. The van der Waals surface area contributed by atoms with E-state index in [1.165, 1.54) is 18.0 Å². The van der Waals surface area contributed by atoms with Crippen LogP contribution in [0.25, 0.3) is 11.3 Å². The number of nitrogens with two attached hydrogens (primary N) is 1. The molecule has 2 heterocycles. The van der Waals surface area contributed by atoms with E-state index in [1.54, 1.807) is 18.2 Å². The summed E-state index contributed by atoms with van der Waals surface area (Å²) in [5.41, 5.74) is 7.21. The highest BCUT2D eigenvalue weighted by Gasteiger charge is 2.22. The Kier molecular flexibility index (Phi) is 6.55. The number of thioether (sulfide) groups is 1. The zero-order valence-electron chi connectivity index (χ0n) is 15.0. The fraction of sp³-hybridized carbons (Fsp3) is 0.100. The quantitative estimate of drug-likeness (QED) is 0.508. The van der Waals surface area contributed by atoms with Gasteiger partial charge in [-0.25, -0.2) is 4.98 Å². The second-order valence-corrected chi connectivity index (χ2v) is 7.69. The van der Waals surface area contributed by atoms with E-state index in [0.717, 1.165) is 4.47 Å². The number of nitriles is 2. The molecule has 0 bridgehead atoms. The minimum atomic E-state index is -0.171. The third-order valence-electron chi connectivity index (χ3n) is 3.90. The third kappa shape index (κ3) is 4.60. The Labute approximate surface area is 179 Å². The number of carbonyl (C=O) groups is 1. The van der Waals surface area contributed by atoms with Crippen molar-refractivity contribution in [1.29, 1.82) is 10.5 Å². The number of pyridine rings is 1. The molecule has 0 saturated heterocycles. The second kappa shape index (κ2) is 9.28. The molecule has 3 rings (SSSR count). The van der Waals surface area contributed by atoms with Gasteiger partial charge in [0.25, 0.3) is 0 Å². The Balaban J connectivity index is 1.78. The van der Waals surface area contributed by atoms with Crippen molar-refractivity contribution in [3.8, 4) is 23.5 Å². The van der Waals surface area contributed by atoms with Crippen LogP contribution in [0.1, 0.15) is 17.5 Å². The first kappa shape index (κ1) is 20.5. The first-order valence-corrected chi connectivity index (χ1v) is 10.2. The maximum absolute atomic E-state index is 12.2. The number of aromatic nitrogens is 1. The Hall–Kier alpha value is -3.27. The molecular formula is C20H14BrN5O2S. The van der Waals surface area contributed by atoms with Gasteiger partial charge in [0.05, 0.1) is 23.1 Å². The zero-order valence-corrected chi connectivity index (χ0v) is 17.4. The molecule has 3 aromatic rings. The second-order valence-electron chi connectivity index (χ2n) is 5.75. The van der Waals surface area contributed by atoms with Crippen molar-refractivity contribution in [2.24, 2.45) is 0 Å². The number of hydrogen-bond donors (Lipinski definition) is 2. The number of anilines is 2. The average molecular weight is 468 g/mol. The number of furan rings is 1. The summed E-state index contributed by atoms with van der Waals surface area (Å²) in [7, 11) is 0. The number of para-hydroxylation sites is 1. The van der Waals surface area contributed by atoms with Crippen molar-refractivity contribution < 1.29 is 9.21 Å². The summed E-state index contributed by atoms with van der Waals surface area (Å²) in [6.07, 6.45) is 1.65. The van der Waals surface area contributed by atoms with E-state index in [9.17, 15) is 15.3 Å². The van der Waals surface area contributed by atoms with Gasteiger partial charge in [-0.05, 0) is 40.2 Å². The largest absolute Gasteiger partial charge is 0.464 e. The van der Waals surface area contributed by atoms with Crippen molar-refractivity contribution in [3.05, 3.63) is 58.3 Å². The normalized spacial score (nSPS) is 10.2. The highest BCUT2D eigenvalue weighted by molar-refractivity contribution is 9.10. The van der Waals surface area contributed by atoms with Gasteiger partial charge in [-0.3, -0.25) is 4.79 Å². The molecule has 0 aliphatic rings. The van der Waals surface area contributed by atoms with E-state index in [4.69, 9.17) is 10.2 Å². The number of amides is 1. The number of halogens is 1. The monoisotopic (exact) mass is 467 g/mol. The Morgan fingerprint density at radius 2 is 1.97 bits per heavy atom. The van der Waals surface area contributed by atoms with Crippen molar-refractivity contribution in [1.82, 2.24) is 4.98 Å². The van der Waals surface area contributed by atoms with Crippen LogP contribution in [-0.2, 0) is 4.79 Å². The summed E-state index contributed by atoms with van der Waals surface area (Å²) >= 11 is 4.60. The van der Waals surface area contributed by atoms with Crippen LogP contribution in [0.2, 0.25) is 0 Å². The Morgan fingerprint density at radius 1 is 1.21 bits per heavy atom. The summed E-state index contributed by atoms with van der Waals surface area (Å²) in [5.74, 6) is 0.579. The molecule has 29 heavy (non-hydrogen) atoms. The first-order chi connectivity index (χ1) is 14.0. The van der Waals surface area contributed by atoms with E-state index in [2.05, 4.69) is 32.3 Å². The van der Waals surface area contributed by atoms with Crippen LogP contribution in [0, 0.1) is 22.7 Å². The van der Waals surface area contributed by atoms with Crippen LogP contribution in [0.4, 0.5) is 11.5 Å². The molecule has 0 fully saturated rings.